The lowest BCUT2D eigenvalue weighted by atomic mass is 9.88. The Labute approximate surface area is 133 Å². The van der Waals surface area contributed by atoms with Crippen molar-refractivity contribution in [2.75, 3.05) is 11.9 Å². The Kier molecular flexibility index (Phi) is 3.85. The minimum absolute atomic E-state index is 0.283. The van der Waals surface area contributed by atoms with Gasteiger partial charge in [0.2, 0.25) is 5.54 Å². The van der Waals surface area contributed by atoms with Crippen molar-refractivity contribution < 1.29 is 14.7 Å². The third-order valence-corrected chi connectivity index (χ3v) is 4.06. The third kappa shape index (κ3) is 2.38. The number of amides is 2. The van der Waals surface area contributed by atoms with E-state index in [4.69, 9.17) is 5.73 Å². The number of benzene rings is 2. The van der Waals surface area contributed by atoms with E-state index >= 15 is 0 Å². The Morgan fingerprint density at radius 1 is 1.17 bits per heavy atom. The quantitative estimate of drug-likeness (QED) is 0.608. The Morgan fingerprint density at radius 3 is 2.48 bits per heavy atom. The second-order valence-electron chi connectivity index (χ2n) is 5.40. The van der Waals surface area contributed by atoms with Crippen LogP contribution in [-0.2, 0) is 15.1 Å². The van der Waals surface area contributed by atoms with Crippen LogP contribution in [0.4, 0.5) is 5.69 Å². The predicted octanol–water partition coefficient (Wildman–Crippen LogP) is 0.643. The molecule has 1 aliphatic rings. The fraction of sp³-hybridized carbons (Fsp3) is 0.176. The van der Waals surface area contributed by atoms with Crippen molar-refractivity contribution in [3.8, 4) is 0 Å². The second-order valence-corrected chi connectivity index (χ2v) is 5.40. The van der Waals surface area contributed by atoms with Crippen LogP contribution < -0.4 is 16.4 Å². The van der Waals surface area contributed by atoms with Gasteiger partial charge >= 0.3 is 0 Å². The highest BCUT2D eigenvalue weighted by atomic mass is 16.3. The third-order valence-electron chi connectivity index (χ3n) is 4.06. The Hall–Kier alpha value is -2.70. The molecule has 0 aliphatic carbocycles. The largest absolute Gasteiger partial charge is 0.394 e. The highest BCUT2D eigenvalue weighted by Crippen LogP contribution is 2.37. The average molecular weight is 311 g/mol. The molecule has 0 fully saturated rings. The molecule has 2 amide bonds. The number of anilines is 1. The van der Waals surface area contributed by atoms with E-state index in [1.54, 1.807) is 36.4 Å². The number of para-hydroxylation sites is 1. The summed E-state index contributed by atoms with van der Waals surface area (Å²) in [6, 6.07) is 15.4. The molecule has 0 saturated heterocycles. The number of hydrogen-bond acceptors (Lipinski definition) is 4. The number of nitrogens with two attached hydrogens (primary N) is 1. The maximum Gasteiger partial charge on any atom is 0.259 e. The summed E-state index contributed by atoms with van der Waals surface area (Å²) in [6.07, 6.45) is 0. The molecule has 0 saturated carbocycles. The Balaban J connectivity index is 2.06. The van der Waals surface area contributed by atoms with E-state index in [0.29, 0.717) is 11.3 Å². The van der Waals surface area contributed by atoms with Crippen LogP contribution in [0, 0.1) is 0 Å². The topological polar surface area (TPSA) is 104 Å². The Bertz CT molecular complexity index is 748. The van der Waals surface area contributed by atoms with Gasteiger partial charge in [0.05, 0.1) is 12.6 Å². The van der Waals surface area contributed by atoms with Crippen LogP contribution in [-0.4, -0.2) is 23.5 Å². The number of hydrogen-bond donors (Lipinski definition) is 4. The highest BCUT2D eigenvalue weighted by Gasteiger charge is 2.53. The van der Waals surface area contributed by atoms with Gasteiger partial charge in [0.25, 0.3) is 11.8 Å². The van der Waals surface area contributed by atoms with Gasteiger partial charge in [-0.1, -0.05) is 48.5 Å². The summed E-state index contributed by atoms with van der Waals surface area (Å²) in [7, 11) is 0. The molecule has 1 aliphatic heterocycles. The molecule has 0 spiro atoms. The van der Waals surface area contributed by atoms with Crippen LogP contribution in [0.5, 0.6) is 0 Å². The zero-order chi connectivity index (χ0) is 16.4. The number of rotatable bonds is 5. The summed E-state index contributed by atoms with van der Waals surface area (Å²) in [4.78, 5) is 24.7. The fourth-order valence-corrected chi connectivity index (χ4v) is 2.90. The number of carbonyl (C=O) groups is 2. The number of aliphatic hydroxyl groups is 1. The van der Waals surface area contributed by atoms with E-state index in [-0.39, 0.29) is 6.61 Å². The van der Waals surface area contributed by atoms with Crippen molar-refractivity contribution in [1.29, 1.82) is 0 Å². The van der Waals surface area contributed by atoms with Crippen LogP contribution in [0.15, 0.2) is 54.6 Å². The number of fused-ring (bicyclic) bond motifs is 1. The standard InChI is InChI=1S/C17H17N3O3/c18-15(22)17(12-8-4-5-9-13(12)19-16(17)23)20-14(10-21)11-6-2-1-3-7-11/h1-9,14,20-21H,10H2,(H2,18,22)(H,19,23)/t14-,17+/m0/s1. The smallest absolute Gasteiger partial charge is 0.259 e. The zero-order valence-electron chi connectivity index (χ0n) is 12.3. The molecule has 6 nitrogen and oxygen atoms in total. The highest BCUT2D eigenvalue weighted by molar-refractivity contribution is 6.19. The van der Waals surface area contributed by atoms with Crippen molar-refractivity contribution in [3.63, 3.8) is 0 Å². The molecule has 2 aromatic rings. The van der Waals surface area contributed by atoms with Gasteiger partial charge in [-0.15, -0.1) is 0 Å². The summed E-state index contributed by atoms with van der Waals surface area (Å²) < 4.78 is 0. The number of carbonyl (C=O) groups excluding carboxylic acids is 2. The summed E-state index contributed by atoms with van der Waals surface area (Å²) >= 11 is 0. The molecule has 23 heavy (non-hydrogen) atoms. The molecule has 0 unspecified atom stereocenters. The van der Waals surface area contributed by atoms with Gasteiger partial charge in [-0.3, -0.25) is 14.9 Å². The summed E-state index contributed by atoms with van der Waals surface area (Å²) in [5, 5.41) is 15.4. The summed E-state index contributed by atoms with van der Waals surface area (Å²) in [5.74, 6) is -1.35. The van der Waals surface area contributed by atoms with E-state index in [1.165, 1.54) is 0 Å². The molecule has 0 aromatic heterocycles. The first kappa shape index (κ1) is 15.2. The van der Waals surface area contributed by atoms with Gasteiger partial charge < -0.3 is 16.2 Å². The first-order valence-electron chi connectivity index (χ1n) is 7.24. The molecule has 0 bridgehead atoms. The lowest BCUT2D eigenvalue weighted by Crippen LogP contribution is -2.58. The monoisotopic (exact) mass is 311 g/mol. The van der Waals surface area contributed by atoms with E-state index < -0.39 is 23.4 Å². The van der Waals surface area contributed by atoms with Crippen molar-refractivity contribution in [3.05, 3.63) is 65.7 Å². The lowest BCUT2D eigenvalue weighted by Gasteiger charge is -2.30. The van der Waals surface area contributed by atoms with E-state index in [0.717, 1.165) is 5.56 Å². The first-order chi connectivity index (χ1) is 11.1. The molecule has 3 rings (SSSR count). The SMILES string of the molecule is NC(=O)[C@@]1(N[C@@H](CO)c2ccccc2)C(=O)Nc2ccccc21. The lowest BCUT2D eigenvalue weighted by molar-refractivity contribution is -0.134. The van der Waals surface area contributed by atoms with Gasteiger partial charge in [0.15, 0.2) is 0 Å². The van der Waals surface area contributed by atoms with Crippen LogP contribution >= 0.6 is 0 Å². The number of nitrogens with one attached hydrogen (secondary N) is 2. The number of aliphatic hydroxyl groups excluding tert-OH is 1. The van der Waals surface area contributed by atoms with Crippen molar-refractivity contribution in [2.45, 2.75) is 11.6 Å². The molecule has 118 valence electrons. The van der Waals surface area contributed by atoms with Crippen LogP contribution in [0.1, 0.15) is 17.2 Å². The second kappa shape index (κ2) is 5.83. The zero-order valence-corrected chi connectivity index (χ0v) is 12.3. The molecule has 6 heteroatoms. The van der Waals surface area contributed by atoms with Crippen molar-refractivity contribution in [2.24, 2.45) is 5.73 Å². The average Bonchev–Trinajstić information content (AvgIpc) is 2.86. The number of primary amides is 1. The predicted molar refractivity (Wildman–Crippen MR) is 85.3 cm³/mol. The van der Waals surface area contributed by atoms with E-state index in [1.807, 2.05) is 18.2 Å². The minimum Gasteiger partial charge on any atom is -0.394 e. The van der Waals surface area contributed by atoms with Gasteiger partial charge in [0.1, 0.15) is 0 Å². The normalized spacial score (nSPS) is 20.7. The molecule has 5 N–H and O–H groups in total. The van der Waals surface area contributed by atoms with E-state index in [9.17, 15) is 14.7 Å². The molecule has 0 radical (unpaired) electrons. The molecule has 2 aromatic carbocycles. The minimum atomic E-state index is -1.71. The summed E-state index contributed by atoms with van der Waals surface area (Å²) in [5.41, 5.74) is 5.62. The van der Waals surface area contributed by atoms with Gasteiger partial charge in [0, 0.05) is 11.3 Å². The molecular weight excluding hydrogens is 294 g/mol. The van der Waals surface area contributed by atoms with Gasteiger partial charge in [-0.05, 0) is 11.6 Å². The summed E-state index contributed by atoms with van der Waals surface area (Å²) in [6.45, 7) is -0.283. The van der Waals surface area contributed by atoms with Crippen molar-refractivity contribution in [1.82, 2.24) is 5.32 Å². The van der Waals surface area contributed by atoms with Crippen molar-refractivity contribution >= 4 is 17.5 Å². The molecule has 1 heterocycles. The Morgan fingerprint density at radius 2 is 1.83 bits per heavy atom. The van der Waals surface area contributed by atoms with Gasteiger partial charge in [-0.2, -0.15) is 0 Å². The fourth-order valence-electron chi connectivity index (χ4n) is 2.90. The van der Waals surface area contributed by atoms with Crippen LogP contribution in [0.25, 0.3) is 0 Å². The first-order valence-corrected chi connectivity index (χ1v) is 7.24. The molecule has 2 atom stereocenters. The maximum atomic E-state index is 12.5. The van der Waals surface area contributed by atoms with Gasteiger partial charge in [-0.25, -0.2) is 0 Å². The maximum absolute atomic E-state index is 12.5. The molecular formula is C17H17N3O3. The van der Waals surface area contributed by atoms with Crippen LogP contribution in [0.3, 0.4) is 0 Å². The van der Waals surface area contributed by atoms with E-state index in [2.05, 4.69) is 10.6 Å². The van der Waals surface area contributed by atoms with Crippen LogP contribution in [0.2, 0.25) is 0 Å².